The van der Waals surface area contributed by atoms with Crippen LogP contribution in [0.5, 0.6) is 5.75 Å². The van der Waals surface area contributed by atoms with E-state index in [0.29, 0.717) is 23.7 Å². The molecule has 124 valence electrons. The van der Waals surface area contributed by atoms with E-state index in [2.05, 4.69) is 10.6 Å². The monoisotopic (exact) mass is 325 g/mol. The molecule has 0 saturated carbocycles. The zero-order valence-corrected chi connectivity index (χ0v) is 13.6. The van der Waals surface area contributed by atoms with E-state index < -0.39 is 0 Å². The normalized spacial score (nSPS) is 12.5. The van der Waals surface area contributed by atoms with E-state index in [4.69, 9.17) is 4.74 Å². The minimum atomic E-state index is -0.369. The van der Waals surface area contributed by atoms with E-state index in [9.17, 15) is 9.59 Å². The molecule has 0 unspecified atom stereocenters. The van der Waals surface area contributed by atoms with E-state index >= 15 is 0 Å². The quantitative estimate of drug-likeness (QED) is 0.910. The van der Waals surface area contributed by atoms with Crippen LogP contribution in [0.15, 0.2) is 42.5 Å². The molecule has 0 radical (unpaired) electrons. The summed E-state index contributed by atoms with van der Waals surface area (Å²) in [6, 6.07) is 12.4. The number of carbonyl (C=O) groups excluding carboxylic acids is 2. The van der Waals surface area contributed by atoms with Gasteiger partial charge in [-0.15, -0.1) is 0 Å². The molecular formula is C18H19N3O3. The molecule has 0 saturated heterocycles. The van der Waals surface area contributed by atoms with Crippen molar-refractivity contribution in [3.63, 3.8) is 0 Å². The van der Waals surface area contributed by atoms with E-state index in [1.54, 1.807) is 31.1 Å². The molecule has 0 fully saturated rings. The van der Waals surface area contributed by atoms with Crippen LogP contribution in [0.4, 0.5) is 21.9 Å². The molecule has 3 rings (SSSR count). The number of para-hydroxylation sites is 2. The topological polar surface area (TPSA) is 70.7 Å². The number of carbonyl (C=O) groups is 2. The number of hydrogen-bond donors (Lipinski definition) is 2. The number of methoxy groups -OCH3 is 1. The van der Waals surface area contributed by atoms with Crippen LogP contribution in [0.1, 0.15) is 12.5 Å². The third-order valence-corrected chi connectivity index (χ3v) is 3.97. The van der Waals surface area contributed by atoms with Gasteiger partial charge in [0.25, 0.3) is 0 Å². The number of amides is 3. The van der Waals surface area contributed by atoms with Crippen LogP contribution < -0.4 is 20.3 Å². The van der Waals surface area contributed by atoms with Crippen molar-refractivity contribution in [3.8, 4) is 5.75 Å². The fourth-order valence-electron chi connectivity index (χ4n) is 2.82. The number of urea groups is 1. The molecule has 0 aliphatic carbocycles. The highest BCUT2D eigenvalue weighted by molar-refractivity contribution is 6.01. The van der Waals surface area contributed by atoms with Crippen LogP contribution in [0, 0.1) is 0 Å². The van der Waals surface area contributed by atoms with Crippen molar-refractivity contribution in [2.45, 2.75) is 13.3 Å². The summed E-state index contributed by atoms with van der Waals surface area (Å²) in [7, 11) is 1.55. The third kappa shape index (κ3) is 3.17. The van der Waals surface area contributed by atoms with Gasteiger partial charge in [0.05, 0.1) is 12.8 Å². The molecule has 2 aromatic carbocycles. The van der Waals surface area contributed by atoms with Crippen LogP contribution in [0.3, 0.4) is 0 Å². The van der Waals surface area contributed by atoms with E-state index in [1.807, 2.05) is 30.3 Å². The predicted octanol–water partition coefficient (Wildman–Crippen LogP) is 3.25. The van der Waals surface area contributed by atoms with Crippen molar-refractivity contribution in [1.82, 2.24) is 0 Å². The Hall–Kier alpha value is -3.02. The lowest BCUT2D eigenvalue weighted by molar-refractivity contribution is -0.116. The molecule has 2 aromatic rings. The fourth-order valence-corrected chi connectivity index (χ4v) is 2.82. The minimum Gasteiger partial charge on any atom is -0.495 e. The van der Waals surface area contributed by atoms with E-state index in [1.165, 1.54) is 0 Å². The van der Waals surface area contributed by atoms with Gasteiger partial charge in [-0.2, -0.15) is 0 Å². The number of rotatable bonds is 3. The van der Waals surface area contributed by atoms with Crippen LogP contribution in [0.25, 0.3) is 0 Å². The highest BCUT2D eigenvalue weighted by Crippen LogP contribution is 2.31. The Morgan fingerprint density at radius 2 is 1.92 bits per heavy atom. The SMILES string of the molecule is COc1ccccc1NC(=O)Nc1ccc2c(c1)N(C(C)=O)CC2. The van der Waals surface area contributed by atoms with E-state index in [0.717, 1.165) is 17.7 Å². The highest BCUT2D eigenvalue weighted by Gasteiger charge is 2.22. The molecule has 6 nitrogen and oxygen atoms in total. The maximum atomic E-state index is 12.2. The lowest BCUT2D eigenvalue weighted by atomic mass is 10.1. The van der Waals surface area contributed by atoms with Gasteiger partial charge >= 0.3 is 6.03 Å². The van der Waals surface area contributed by atoms with Crippen molar-refractivity contribution in [3.05, 3.63) is 48.0 Å². The van der Waals surface area contributed by atoms with Crippen molar-refractivity contribution >= 4 is 29.0 Å². The lowest BCUT2D eigenvalue weighted by Gasteiger charge is -2.16. The standard InChI is InChI=1S/C18H19N3O3/c1-12(22)21-10-9-13-7-8-14(11-16(13)21)19-18(23)20-15-5-3-4-6-17(15)24-2/h3-8,11H,9-10H2,1-2H3,(H2,19,20,23). The third-order valence-electron chi connectivity index (χ3n) is 3.97. The van der Waals surface area contributed by atoms with Crippen molar-refractivity contribution in [1.29, 1.82) is 0 Å². The molecule has 2 N–H and O–H groups in total. The molecular weight excluding hydrogens is 306 g/mol. The molecule has 3 amide bonds. The largest absolute Gasteiger partial charge is 0.495 e. The summed E-state index contributed by atoms with van der Waals surface area (Å²) in [4.78, 5) is 25.6. The summed E-state index contributed by atoms with van der Waals surface area (Å²) in [6.45, 7) is 2.23. The number of hydrogen-bond acceptors (Lipinski definition) is 3. The highest BCUT2D eigenvalue weighted by atomic mass is 16.5. The van der Waals surface area contributed by atoms with Crippen molar-refractivity contribution in [2.24, 2.45) is 0 Å². The number of ether oxygens (including phenoxy) is 1. The first-order chi connectivity index (χ1) is 11.6. The minimum absolute atomic E-state index is 0.00405. The van der Waals surface area contributed by atoms with Crippen LogP contribution in [0.2, 0.25) is 0 Å². The summed E-state index contributed by atoms with van der Waals surface area (Å²) in [5, 5.41) is 5.54. The van der Waals surface area contributed by atoms with Gasteiger partial charge in [-0.05, 0) is 36.2 Å². The molecule has 0 atom stereocenters. The summed E-state index contributed by atoms with van der Waals surface area (Å²) < 4.78 is 5.21. The Morgan fingerprint density at radius 1 is 1.12 bits per heavy atom. The first kappa shape index (κ1) is 15.9. The average Bonchev–Trinajstić information content (AvgIpc) is 2.98. The van der Waals surface area contributed by atoms with Gasteiger partial charge in [0.15, 0.2) is 0 Å². The van der Waals surface area contributed by atoms with Gasteiger partial charge in [0, 0.05) is 24.8 Å². The van der Waals surface area contributed by atoms with Gasteiger partial charge in [-0.25, -0.2) is 4.79 Å². The van der Waals surface area contributed by atoms with Crippen molar-refractivity contribution < 1.29 is 14.3 Å². The van der Waals surface area contributed by atoms with Gasteiger partial charge < -0.3 is 20.3 Å². The number of nitrogens with zero attached hydrogens (tertiary/aromatic N) is 1. The van der Waals surface area contributed by atoms with Gasteiger partial charge in [0.2, 0.25) is 5.91 Å². The average molecular weight is 325 g/mol. The lowest BCUT2D eigenvalue weighted by Crippen LogP contribution is -2.26. The van der Waals surface area contributed by atoms with Crippen LogP contribution >= 0.6 is 0 Å². The molecule has 0 spiro atoms. The second-order valence-corrected chi connectivity index (χ2v) is 5.54. The second kappa shape index (κ2) is 6.62. The summed E-state index contributed by atoms with van der Waals surface area (Å²) in [5.74, 6) is 0.591. The van der Waals surface area contributed by atoms with Gasteiger partial charge in [-0.1, -0.05) is 18.2 Å². The zero-order chi connectivity index (χ0) is 17.1. The first-order valence-electron chi connectivity index (χ1n) is 7.70. The van der Waals surface area contributed by atoms with Crippen molar-refractivity contribution in [2.75, 3.05) is 29.2 Å². The Kier molecular flexibility index (Phi) is 4.37. The summed E-state index contributed by atoms with van der Waals surface area (Å²) in [6.07, 6.45) is 0.836. The fraction of sp³-hybridized carbons (Fsp3) is 0.222. The Balaban J connectivity index is 1.74. The smallest absolute Gasteiger partial charge is 0.323 e. The number of benzene rings is 2. The van der Waals surface area contributed by atoms with Crippen LogP contribution in [-0.4, -0.2) is 25.6 Å². The first-order valence-corrected chi connectivity index (χ1v) is 7.70. The molecule has 24 heavy (non-hydrogen) atoms. The number of fused-ring (bicyclic) bond motifs is 1. The van der Waals surface area contributed by atoms with Gasteiger partial charge in [-0.3, -0.25) is 4.79 Å². The Labute approximate surface area is 140 Å². The molecule has 1 heterocycles. The number of nitrogens with one attached hydrogen (secondary N) is 2. The zero-order valence-electron chi connectivity index (χ0n) is 13.6. The molecule has 0 bridgehead atoms. The maximum absolute atomic E-state index is 12.2. The molecule has 1 aliphatic heterocycles. The maximum Gasteiger partial charge on any atom is 0.323 e. The van der Waals surface area contributed by atoms with Gasteiger partial charge in [0.1, 0.15) is 5.75 Å². The molecule has 0 aromatic heterocycles. The Bertz CT molecular complexity index is 789. The summed E-state index contributed by atoms with van der Waals surface area (Å²) in [5.41, 5.74) is 3.19. The second-order valence-electron chi connectivity index (χ2n) is 5.54. The molecule has 6 heteroatoms. The number of anilines is 3. The Morgan fingerprint density at radius 3 is 2.67 bits per heavy atom. The van der Waals surface area contributed by atoms with Crippen LogP contribution in [-0.2, 0) is 11.2 Å². The summed E-state index contributed by atoms with van der Waals surface area (Å²) >= 11 is 0. The molecule has 1 aliphatic rings. The van der Waals surface area contributed by atoms with E-state index in [-0.39, 0.29) is 11.9 Å². The predicted molar refractivity (Wildman–Crippen MR) is 93.8 cm³/mol.